The van der Waals surface area contributed by atoms with Crippen LogP contribution in [-0.2, 0) is 4.79 Å². The summed E-state index contributed by atoms with van der Waals surface area (Å²) in [6.07, 6.45) is 0. The highest BCUT2D eigenvalue weighted by Crippen LogP contribution is 2.21. The van der Waals surface area contributed by atoms with Crippen LogP contribution in [0.3, 0.4) is 0 Å². The predicted molar refractivity (Wildman–Crippen MR) is 107 cm³/mol. The number of hydrazine groups is 1. The van der Waals surface area contributed by atoms with Crippen molar-refractivity contribution in [3.8, 4) is 0 Å². The summed E-state index contributed by atoms with van der Waals surface area (Å²) in [4.78, 5) is 24.1. The van der Waals surface area contributed by atoms with E-state index in [-0.39, 0.29) is 24.4 Å². The summed E-state index contributed by atoms with van der Waals surface area (Å²) in [5.74, 6) is 0.318. The molecule has 0 spiro atoms. The van der Waals surface area contributed by atoms with E-state index in [9.17, 15) is 9.59 Å². The second-order valence-electron chi connectivity index (χ2n) is 7.40. The van der Waals surface area contributed by atoms with Crippen LogP contribution >= 0.6 is 0 Å². The van der Waals surface area contributed by atoms with Gasteiger partial charge < -0.3 is 5.32 Å². The van der Waals surface area contributed by atoms with Crippen LogP contribution in [0, 0.1) is 5.92 Å². The number of hydrogen-bond donors (Lipinski definition) is 3. The van der Waals surface area contributed by atoms with E-state index in [1.54, 1.807) is 24.3 Å². The van der Waals surface area contributed by atoms with Crippen molar-refractivity contribution in [2.75, 3.05) is 6.54 Å². The van der Waals surface area contributed by atoms with Crippen LogP contribution in [0.25, 0.3) is 0 Å². The SMILES string of the molecule is CC(C)c1ccc([C@H]([NH2+]CC(=O)NNC(=O)c2ccccc2)C(C)C)cc1. The van der Waals surface area contributed by atoms with Crippen molar-refractivity contribution in [2.45, 2.75) is 39.7 Å². The van der Waals surface area contributed by atoms with Gasteiger partial charge in [0.2, 0.25) is 0 Å². The Morgan fingerprint density at radius 1 is 0.852 bits per heavy atom. The normalized spacial score (nSPS) is 12.1. The first kappa shape index (κ1) is 20.6. The third-order valence-electron chi connectivity index (χ3n) is 4.61. The number of rotatable bonds is 7. The van der Waals surface area contributed by atoms with Gasteiger partial charge >= 0.3 is 0 Å². The molecule has 0 radical (unpaired) electrons. The van der Waals surface area contributed by atoms with Crippen LogP contribution in [0.1, 0.15) is 61.1 Å². The third kappa shape index (κ3) is 6.22. The van der Waals surface area contributed by atoms with Crippen molar-refractivity contribution < 1.29 is 14.9 Å². The molecule has 4 N–H and O–H groups in total. The number of hydrogen-bond acceptors (Lipinski definition) is 2. The molecule has 0 bridgehead atoms. The average molecular weight is 369 g/mol. The molecular weight excluding hydrogens is 338 g/mol. The minimum absolute atomic E-state index is 0.182. The molecule has 0 saturated heterocycles. The number of quaternary nitrogens is 1. The summed E-state index contributed by atoms with van der Waals surface area (Å²) < 4.78 is 0. The van der Waals surface area contributed by atoms with Crippen LogP contribution < -0.4 is 16.2 Å². The average Bonchev–Trinajstić information content (AvgIpc) is 2.67. The molecule has 0 aromatic heterocycles. The van der Waals surface area contributed by atoms with Crippen molar-refractivity contribution in [1.82, 2.24) is 10.9 Å². The van der Waals surface area contributed by atoms with E-state index in [0.29, 0.717) is 17.4 Å². The molecule has 0 saturated carbocycles. The van der Waals surface area contributed by atoms with Crippen molar-refractivity contribution in [1.29, 1.82) is 0 Å². The number of amides is 2. The van der Waals surface area contributed by atoms with Gasteiger partial charge in [0.1, 0.15) is 6.04 Å². The zero-order valence-electron chi connectivity index (χ0n) is 16.5. The molecule has 5 nitrogen and oxygen atoms in total. The summed E-state index contributed by atoms with van der Waals surface area (Å²) in [5, 5.41) is 2.01. The fourth-order valence-corrected chi connectivity index (χ4v) is 2.97. The second-order valence-corrected chi connectivity index (χ2v) is 7.40. The van der Waals surface area contributed by atoms with E-state index in [0.717, 1.165) is 0 Å². The monoisotopic (exact) mass is 368 g/mol. The van der Waals surface area contributed by atoms with Crippen molar-refractivity contribution >= 4 is 11.8 Å². The van der Waals surface area contributed by atoms with Crippen molar-refractivity contribution in [2.24, 2.45) is 5.92 Å². The highest BCUT2D eigenvalue weighted by Gasteiger charge is 2.20. The van der Waals surface area contributed by atoms with Crippen LogP contribution in [0.2, 0.25) is 0 Å². The smallest absolute Gasteiger partial charge is 0.293 e. The largest absolute Gasteiger partial charge is 0.332 e. The third-order valence-corrected chi connectivity index (χ3v) is 4.61. The topological polar surface area (TPSA) is 74.8 Å². The Bertz CT molecular complexity index is 740. The molecule has 0 aliphatic carbocycles. The molecular formula is C22H30N3O2+. The molecule has 2 amide bonds. The van der Waals surface area contributed by atoms with Crippen LogP contribution in [0.5, 0.6) is 0 Å². The van der Waals surface area contributed by atoms with Gasteiger partial charge in [-0.15, -0.1) is 0 Å². The summed E-state index contributed by atoms with van der Waals surface area (Å²) in [6, 6.07) is 17.6. The zero-order valence-corrected chi connectivity index (χ0v) is 16.5. The van der Waals surface area contributed by atoms with Crippen LogP contribution in [0.4, 0.5) is 0 Å². The minimum Gasteiger partial charge on any atom is -0.332 e. The summed E-state index contributed by atoms with van der Waals surface area (Å²) in [6.45, 7) is 8.88. The summed E-state index contributed by atoms with van der Waals surface area (Å²) in [7, 11) is 0. The Kier molecular flexibility index (Phi) is 7.55. The van der Waals surface area contributed by atoms with Gasteiger partial charge in [-0.25, -0.2) is 0 Å². The maximum absolute atomic E-state index is 12.1. The van der Waals surface area contributed by atoms with Gasteiger partial charge in [0.15, 0.2) is 6.54 Å². The Balaban J connectivity index is 1.88. The minimum atomic E-state index is -0.325. The predicted octanol–water partition coefficient (Wildman–Crippen LogP) is 2.53. The molecule has 0 heterocycles. The maximum Gasteiger partial charge on any atom is 0.293 e. The number of benzene rings is 2. The Morgan fingerprint density at radius 3 is 2.00 bits per heavy atom. The molecule has 0 fully saturated rings. The van der Waals surface area contributed by atoms with Crippen LogP contribution in [0.15, 0.2) is 54.6 Å². The molecule has 0 aliphatic rings. The van der Waals surface area contributed by atoms with Gasteiger partial charge in [0.25, 0.3) is 11.8 Å². The van der Waals surface area contributed by atoms with Gasteiger partial charge in [0, 0.05) is 17.0 Å². The summed E-state index contributed by atoms with van der Waals surface area (Å²) >= 11 is 0. The Labute approximate surface area is 161 Å². The number of nitrogens with one attached hydrogen (secondary N) is 2. The lowest BCUT2D eigenvalue weighted by Crippen LogP contribution is -2.88. The van der Waals surface area contributed by atoms with E-state index in [1.165, 1.54) is 11.1 Å². The first-order chi connectivity index (χ1) is 12.9. The lowest BCUT2D eigenvalue weighted by atomic mass is 9.93. The van der Waals surface area contributed by atoms with Gasteiger partial charge in [-0.05, 0) is 23.6 Å². The number of carbonyl (C=O) groups excluding carboxylic acids is 2. The molecule has 0 aliphatic heterocycles. The van der Waals surface area contributed by atoms with Gasteiger partial charge in [-0.2, -0.15) is 0 Å². The highest BCUT2D eigenvalue weighted by molar-refractivity contribution is 5.95. The molecule has 5 heteroatoms. The first-order valence-corrected chi connectivity index (χ1v) is 9.46. The molecule has 2 aromatic rings. The fraction of sp³-hybridized carbons (Fsp3) is 0.364. The van der Waals surface area contributed by atoms with Crippen molar-refractivity contribution in [3.05, 3.63) is 71.3 Å². The molecule has 27 heavy (non-hydrogen) atoms. The second kappa shape index (κ2) is 9.88. The standard InChI is InChI=1S/C22H29N3O2/c1-15(2)17-10-12-18(13-11-17)21(16(3)4)23-14-20(26)24-25-22(27)19-8-6-5-7-9-19/h5-13,15-16,21,23H,14H2,1-4H3,(H,24,26)(H,25,27)/p+1/t21-/m1/s1. The van der Waals surface area contributed by atoms with Gasteiger partial charge in [0.05, 0.1) is 0 Å². The van der Waals surface area contributed by atoms with E-state index in [1.807, 2.05) is 11.4 Å². The van der Waals surface area contributed by atoms with E-state index < -0.39 is 0 Å². The summed E-state index contributed by atoms with van der Waals surface area (Å²) in [5.41, 5.74) is 7.95. The van der Waals surface area contributed by atoms with E-state index >= 15 is 0 Å². The number of nitrogens with two attached hydrogens (primary N) is 1. The van der Waals surface area contributed by atoms with E-state index in [4.69, 9.17) is 0 Å². The Morgan fingerprint density at radius 2 is 1.44 bits per heavy atom. The van der Waals surface area contributed by atoms with Gasteiger partial charge in [-0.1, -0.05) is 70.2 Å². The fourth-order valence-electron chi connectivity index (χ4n) is 2.97. The van der Waals surface area contributed by atoms with Crippen molar-refractivity contribution in [3.63, 3.8) is 0 Å². The molecule has 144 valence electrons. The van der Waals surface area contributed by atoms with Gasteiger partial charge in [-0.3, -0.25) is 20.4 Å². The Hall–Kier alpha value is -2.66. The zero-order chi connectivity index (χ0) is 19.8. The highest BCUT2D eigenvalue weighted by atomic mass is 16.2. The van der Waals surface area contributed by atoms with E-state index in [2.05, 4.69) is 62.8 Å². The quantitative estimate of drug-likeness (QED) is 0.657. The lowest BCUT2D eigenvalue weighted by molar-refractivity contribution is -0.692. The maximum atomic E-state index is 12.1. The molecule has 1 atom stereocenters. The molecule has 2 aromatic carbocycles. The lowest BCUT2D eigenvalue weighted by Gasteiger charge is -2.20. The first-order valence-electron chi connectivity index (χ1n) is 9.46. The molecule has 2 rings (SSSR count). The molecule has 0 unspecified atom stereocenters. The van der Waals surface area contributed by atoms with Crippen LogP contribution in [-0.4, -0.2) is 18.4 Å². The number of carbonyl (C=O) groups is 2.